The third kappa shape index (κ3) is 2.14. The second-order valence-corrected chi connectivity index (χ2v) is 4.69. The molecule has 2 rings (SSSR count). The van der Waals surface area contributed by atoms with E-state index < -0.39 is 0 Å². The molecule has 0 amide bonds. The first-order valence-corrected chi connectivity index (χ1v) is 5.68. The van der Waals surface area contributed by atoms with Gasteiger partial charge in [0.15, 0.2) is 0 Å². The van der Waals surface area contributed by atoms with Gasteiger partial charge < -0.3 is 0 Å². The second kappa shape index (κ2) is 3.83. The molecule has 1 aliphatic heterocycles. The maximum Gasteiger partial charge on any atom is 0.0247 e. The maximum atomic E-state index is 3.86. The number of piperidine rings is 1. The Hall–Kier alpha value is -0.300. The largest absolute Gasteiger partial charge is 0.297 e. The van der Waals surface area contributed by atoms with E-state index in [0.29, 0.717) is 6.04 Å². The van der Waals surface area contributed by atoms with Gasteiger partial charge in [-0.3, -0.25) is 4.90 Å². The monoisotopic (exact) mass is 179 g/mol. The van der Waals surface area contributed by atoms with Crippen LogP contribution in [0.25, 0.3) is 0 Å². The molecule has 0 aromatic carbocycles. The second-order valence-electron chi connectivity index (χ2n) is 4.69. The molecule has 0 aromatic heterocycles. The van der Waals surface area contributed by atoms with E-state index >= 15 is 0 Å². The molecule has 13 heavy (non-hydrogen) atoms. The lowest BCUT2D eigenvalue weighted by Crippen LogP contribution is -2.39. The molecule has 1 nitrogen and oxygen atoms in total. The lowest BCUT2D eigenvalue weighted by Gasteiger charge is -2.34. The van der Waals surface area contributed by atoms with Crippen LogP contribution in [0.4, 0.5) is 0 Å². The maximum absolute atomic E-state index is 3.86. The van der Waals surface area contributed by atoms with E-state index in [1.165, 1.54) is 38.8 Å². The van der Waals surface area contributed by atoms with Crippen LogP contribution in [0.2, 0.25) is 0 Å². The van der Waals surface area contributed by atoms with Crippen molar-refractivity contribution in [3.8, 4) is 0 Å². The van der Waals surface area contributed by atoms with Crippen LogP contribution in [-0.4, -0.2) is 24.0 Å². The van der Waals surface area contributed by atoms with E-state index in [0.717, 1.165) is 11.8 Å². The van der Waals surface area contributed by atoms with E-state index in [1.54, 1.807) is 0 Å². The number of hydrogen-bond donors (Lipinski definition) is 0. The van der Waals surface area contributed by atoms with Gasteiger partial charge in [-0.2, -0.15) is 0 Å². The molecule has 1 heterocycles. The minimum Gasteiger partial charge on any atom is -0.297 e. The third-order valence-electron chi connectivity index (χ3n) is 3.78. The summed E-state index contributed by atoms with van der Waals surface area (Å²) >= 11 is 0. The first-order chi connectivity index (χ1) is 6.31. The molecule has 0 spiro atoms. The van der Waals surface area contributed by atoms with Crippen LogP contribution >= 0.6 is 0 Å². The van der Waals surface area contributed by atoms with Crippen LogP contribution in [0.3, 0.4) is 0 Å². The first kappa shape index (κ1) is 9.26. The van der Waals surface area contributed by atoms with Crippen molar-refractivity contribution in [2.45, 2.75) is 38.6 Å². The van der Waals surface area contributed by atoms with Crippen molar-refractivity contribution in [3.63, 3.8) is 0 Å². The minimum atomic E-state index is 0.583. The van der Waals surface area contributed by atoms with E-state index in [4.69, 9.17) is 0 Å². The van der Waals surface area contributed by atoms with Crippen LogP contribution in [0.5, 0.6) is 0 Å². The summed E-state index contributed by atoms with van der Waals surface area (Å²) < 4.78 is 0. The highest BCUT2D eigenvalue weighted by molar-refractivity contribution is 4.90. The van der Waals surface area contributed by atoms with Gasteiger partial charge in [0.2, 0.25) is 0 Å². The molecular weight excluding hydrogens is 158 g/mol. The Morgan fingerprint density at radius 2 is 1.69 bits per heavy atom. The van der Waals surface area contributed by atoms with E-state index in [2.05, 4.69) is 24.5 Å². The zero-order chi connectivity index (χ0) is 9.26. The van der Waals surface area contributed by atoms with Crippen molar-refractivity contribution in [2.24, 2.45) is 11.8 Å². The number of rotatable bonds is 3. The molecule has 74 valence electrons. The smallest absolute Gasteiger partial charge is 0.0247 e. The summed E-state index contributed by atoms with van der Waals surface area (Å²) in [6.07, 6.45) is 7.96. The molecule has 0 aromatic rings. The van der Waals surface area contributed by atoms with Crippen molar-refractivity contribution in [2.75, 3.05) is 13.1 Å². The highest BCUT2D eigenvalue weighted by Crippen LogP contribution is 2.41. The van der Waals surface area contributed by atoms with E-state index in [-0.39, 0.29) is 0 Å². The van der Waals surface area contributed by atoms with Crippen molar-refractivity contribution >= 4 is 0 Å². The van der Waals surface area contributed by atoms with E-state index in [1.807, 2.05) is 0 Å². The summed E-state index contributed by atoms with van der Waals surface area (Å²) in [5.74, 6) is 2.18. The zero-order valence-electron chi connectivity index (χ0n) is 8.71. The Balaban J connectivity index is 1.77. The normalized spacial score (nSPS) is 28.7. The third-order valence-corrected chi connectivity index (χ3v) is 3.78. The number of likely N-dealkylation sites (tertiary alicyclic amines) is 1. The quantitative estimate of drug-likeness (QED) is 0.602. The van der Waals surface area contributed by atoms with Gasteiger partial charge in [0.25, 0.3) is 0 Å². The summed E-state index contributed by atoms with van der Waals surface area (Å²) in [6, 6.07) is 0.583. The molecule has 2 aliphatic rings. The summed E-state index contributed by atoms with van der Waals surface area (Å²) in [4.78, 5) is 2.56. The molecule has 1 saturated carbocycles. The Morgan fingerprint density at radius 3 is 2.15 bits per heavy atom. The van der Waals surface area contributed by atoms with Gasteiger partial charge >= 0.3 is 0 Å². The molecule has 0 radical (unpaired) electrons. The molecule has 0 N–H and O–H groups in total. The van der Waals surface area contributed by atoms with Gasteiger partial charge in [-0.05, 0) is 57.5 Å². The predicted molar refractivity (Wildman–Crippen MR) is 56.7 cm³/mol. The van der Waals surface area contributed by atoms with Gasteiger partial charge in [0.05, 0.1) is 0 Å². The number of hydrogen-bond acceptors (Lipinski definition) is 1. The van der Waals surface area contributed by atoms with Gasteiger partial charge in [0, 0.05) is 6.04 Å². The fraction of sp³-hybridized carbons (Fsp3) is 0.833. The highest BCUT2D eigenvalue weighted by atomic mass is 15.1. The van der Waals surface area contributed by atoms with Crippen LogP contribution < -0.4 is 0 Å². The molecular formula is C12H21N. The SMILES string of the molecule is C=CC(C)N1CCC(C2CC2)CC1. The molecule has 1 atom stereocenters. The van der Waals surface area contributed by atoms with Crippen LogP contribution in [0, 0.1) is 11.8 Å². The summed E-state index contributed by atoms with van der Waals surface area (Å²) in [5.41, 5.74) is 0. The van der Waals surface area contributed by atoms with Crippen LogP contribution in [-0.2, 0) is 0 Å². The first-order valence-electron chi connectivity index (χ1n) is 5.68. The van der Waals surface area contributed by atoms with Gasteiger partial charge in [0.1, 0.15) is 0 Å². The lowest BCUT2D eigenvalue weighted by atomic mass is 9.91. The van der Waals surface area contributed by atoms with Gasteiger partial charge in [-0.25, -0.2) is 0 Å². The van der Waals surface area contributed by atoms with Gasteiger partial charge in [-0.1, -0.05) is 6.08 Å². The predicted octanol–water partition coefficient (Wildman–Crippen LogP) is 2.68. The zero-order valence-corrected chi connectivity index (χ0v) is 8.71. The number of nitrogens with zero attached hydrogens (tertiary/aromatic N) is 1. The Bertz CT molecular complexity index is 176. The minimum absolute atomic E-state index is 0.583. The average Bonchev–Trinajstić information content (AvgIpc) is 3.00. The highest BCUT2D eigenvalue weighted by Gasteiger charge is 2.33. The van der Waals surface area contributed by atoms with Gasteiger partial charge in [-0.15, -0.1) is 6.58 Å². The summed E-state index contributed by atoms with van der Waals surface area (Å²) in [6.45, 7) is 8.71. The molecule has 1 unspecified atom stereocenters. The van der Waals surface area contributed by atoms with Crippen molar-refractivity contribution in [1.29, 1.82) is 0 Å². The Morgan fingerprint density at radius 1 is 1.15 bits per heavy atom. The van der Waals surface area contributed by atoms with Crippen molar-refractivity contribution in [3.05, 3.63) is 12.7 Å². The van der Waals surface area contributed by atoms with Crippen LogP contribution in [0.1, 0.15) is 32.6 Å². The average molecular weight is 179 g/mol. The molecule has 2 fully saturated rings. The Labute approximate surface area is 81.8 Å². The lowest BCUT2D eigenvalue weighted by molar-refractivity contribution is 0.152. The Kier molecular flexibility index (Phi) is 2.73. The summed E-state index contributed by atoms with van der Waals surface area (Å²) in [5, 5.41) is 0. The fourth-order valence-electron chi connectivity index (χ4n) is 2.51. The topological polar surface area (TPSA) is 3.24 Å². The standard InChI is InChI=1S/C12H21N/c1-3-10(2)13-8-6-12(7-9-13)11-4-5-11/h3,10-12H,1,4-9H2,2H3. The molecule has 0 bridgehead atoms. The van der Waals surface area contributed by atoms with Crippen LogP contribution in [0.15, 0.2) is 12.7 Å². The van der Waals surface area contributed by atoms with E-state index in [9.17, 15) is 0 Å². The molecule has 1 aliphatic carbocycles. The molecule has 1 heteroatoms. The molecule has 1 saturated heterocycles. The van der Waals surface area contributed by atoms with Crippen molar-refractivity contribution < 1.29 is 0 Å². The fourth-order valence-corrected chi connectivity index (χ4v) is 2.51. The summed E-state index contributed by atoms with van der Waals surface area (Å²) in [7, 11) is 0. The van der Waals surface area contributed by atoms with Crippen molar-refractivity contribution in [1.82, 2.24) is 4.90 Å².